The van der Waals surface area contributed by atoms with Gasteiger partial charge in [0.2, 0.25) is 5.91 Å². The molecule has 0 unspecified atom stereocenters. The summed E-state index contributed by atoms with van der Waals surface area (Å²) in [4.78, 5) is 11.3. The number of carbonyl (C=O) groups is 1. The van der Waals surface area contributed by atoms with E-state index in [-0.39, 0.29) is 24.1 Å². The monoisotopic (exact) mass is 341 g/mol. The van der Waals surface area contributed by atoms with Crippen molar-refractivity contribution in [2.75, 3.05) is 18.5 Å². The van der Waals surface area contributed by atoms with E-state index in [1.165, 1.54) is 12.1 Å². The van der Waals surface area contributed by atoms with Crippen molar-refractivity contribution in [3.8, 4) is 6.07 Å². The number of primary amides is 1. The first-order valence-electron chi connectivity index (χ1n) is 7.55. The summed E-state index contributed by atoms with van der Waals surface area (Å²) in [6.07, 6.45) is -3.20. The van der Waals surface area contributed by atoms with Crippen molar-refractivity contribution in [1.29, 1.82) is 5.26 Å². The summed E-state index contributed by atoms with van der Waals surface area (Å²) in [7, 11) is 0. The lowest BCUT2D eigenvalue weighted by Gasteiger charge is -2.31. The van der Waals surface area contributed by atoms with Gasteiger partial charge in [-0.3, -0.25) is 4.79 Å². The van der Waals surface area contributed by atoms with Crippen LogP contribution in [0.3, 0.4) is 0 Å². The van der Waals surface area contributed by atoms with E-state index in [0.29, 0.717) is 26.1 Å². The molecule has 1 heterocycles. The molecule has 1 aromatic rings. The molecule has 1 fully saturated rings. The molecule has 0 aliphatic carbocycles. The van der Waals surface area contributed by atoms with E-state index in [4.69, 9.17) is 15.7 Å². The van der Waals surface area contributed by atoms with Gasteiger partial charge in [0.25, 0.3) is 0 Å². The van der Waals surface area contributed by atoms with Gasteiger partial charge in [-0.2, -0.15) is 18.4 Å². The van der Waals surface area contributed by atoms with E-state index < -0.39 is 23.2 Å². The highest BCUT2D eigenvalue weighted by molar-refractivity contribution is 5.75. The van der Waals surface area contributed by atoms with Gasteiger partial charge in [-0.05, 0) is 37.0 Å². The fourth-order valence-electron chi connectivity index (χ4n) is 2.85. The normalized spacial score (nSPS) is 17.1. The lowest BCUT2D eigenvalue weighted by molar-refractivity contribution is -0.137. The van der Waals surface area contributed by atoms with Gasteiger partial charge >= 0.3 is 6.18 Å². The third-order valence-electron chi connectivity index (χ3n) is 4.05. The maximum absolute atomic E-state index is 13.0. The second-order valence-electron chi connectivity index (χ2n) is 5.74. The van der Waals surface area contributed by atoms with Crippen molar-refractivity contribution in [2.45, 2.75) is 31.5 Å². The summed E-state index contributed by atoms with van der Waals surface area (Å²) < 4.78 is 44.4. The highest BCUT2D eigenvalue weighted by Gasteiger charge is 2.34. The van der Waals surface area contributed by atoms with E-state index >= 15 is 0 Å². The van der Waals surface area contributed by atoms with Crippen LogP contribution in [0.15, 0.2) is 18.2 Å². The SMILES string of the molecule is N#Cc1ccc(N[C@@H](CC(N)=O)C2CCOCC2)cc1C(F)(F)F. The number of carbonyl (C=O) groups excluding carboxylic acids is 1. The molecule has 2 rings (SSSR count). The number of nitrogens with zero attached hydrogens (tertiary/aromatic N) is 1. The largest absolute Gasteiger partial charge is 0.417 e. The Morgan fingerprint density at radius 1 is 1.42 bits per heavy atom. The Morgan fingerprint density at radius 2 is 2.08 bits per heavy atom. The number of anilines is 1. The van der Waals surface area contributed by atoms with Gasteiger partial charge in [0.15, 0.2) is 0 Å². The molecular weight excluding hydrogens is 323 g/mol. The Morgan fingerprint density at radius 3 is 2.62 bits per heavy atom. The zero-order valence-electron chi connectivity index (χ0n) is 12.9. The number of nitrogens with two attached hydrogens (primary N) is 1. The molecule has 130 valence electrons. The van der Waals surface area contributed by atoms with Gasteiger partial charge in [0, 0.05) is 31.4 Å². The smallest absolute Gasteiger partial charge is 0.381 e. The highest BCUT2D eigenvalue weighted by atomic mass is 19.4. The predicted molar refractivity (Wildman–Crippen MR) is 80.9 cm³/mol. The molecule has 1 aliphatic rings. The van der Waals surface area contributed by atoms with Gasteiger partial charge in [0.05, 0.1) is 17.2 Å². The van der Waals surface area contributed by atoms with Crippen LogP contribution >= 0.6 is 0 Å². The third kappa shape index (κ3) is 4.61. The number of rotatable bonds is 5. The van der Waals surface area contributed by atoms with Gasteiger partial charge in [-0.25, -0.2) is 0 Å². The summed E-state index contributed by atoms with van der Waals surface area (Å²) in [5.41, 5.74) is 4.03. The fraction of sp³-hybridized carbons (Fsp3) is 0.500. The maximum Gasteiger partial charge on any atom is 0.417 e. The van der Waals surface area contributed by atoms with Crippen LogP contribution in [0.2, 0.25) is 0 Å². The number of hydrogen-bond donors (Lipinski definition) is 2. The molecule has 0 bridgehead atoms. The summed E-state index contributed by atoms with van der Waals surface area (Å²) in [5, 5.41) is 11.8. The van der Waals surface area contributed by atoms with E-state index in [9.17, 15) is 18.0 Å². The van der Waals surface area contributed by atoms with Gasteiger partial charge in [-0.1, -0.05) is 0 Å². The topological polar surface area (TPSA) is 88.1 Å². The number of hydrogen-bond acceptors (Lipinski definition) is 4. The Labute approximate surface area is 137 Å². The molecule has 1 amide bonds. The molecule has 1 aliphatic heterocycles. The van der Waals surface area contributed by atoms with Crippen LogP contribution in [-0.4, -0.2) is 25.2 Å². The number of benzene rings is 1. The Hall–Kier alpha value is -2.27. The minimum Gasteiger partial charge on any atom is -0.381 e. The van der Waals surface area contributed by atoms with Crippen LogP contribution in [0.4, 0.5) is 18.9 Å². The second-order valence-corrected chi connectivity index (χ2v) is 5.74. The van der Waals surface area contributed by atoms with E-state index in [0.717, 1.165) is 12.1 Å². The highest BCUT2D eigenvalue weighted by Crippen LogP contribution is 2.34. The van der Waals surface area contributed by atoms with Gasteiger partial charge in [-0.15, -0.1) is 0 Å². The lowest BCUT2D eigenvalue weighted by atomic mass is 9.89. The van der Waals surface area contributed by atoms with E-state index in [2.05, 4.69) is 5.32 Å². The molecule has 1 saturated heterocycles. The minimum atomic E-state index is -4.62. The first kappa shape index (κ1) is 18.1. The third-order valence-corrected chi connectivity index (χ3v) is 4.05. The zero-order valence-corrected chi connectivity index (χ0v) is 12.9. The van der Waals surface area contributed by atoms with Crippen LogP contribution in [0, 0.1) is 17.2 Å². The molecule has 3 N–H and O–H groups in total. The first-order valence-corrected chi connectivity index (χ1v) is 7.55. The number of nitriles is 1. The summed E-state index contributed by atoms with van der Waals surface area (Å²) in [6, 6.07) is 4.59. The Bertz CT molecular complexity index is 634. The summed E-state index contributed by atoms with van der Waals surface area (Å²) in [5.74, 6) is -0.445. The van der Waals surface area contributed by atoms with Crippen molar-refractivity contribution >= 4 is 11.6 Å². The summed E-state index contributed by atoms with van der Waals surface area (Å²) >= 11 is 0. The first-order chi connectivity index (χ1) is 11.3. The number of amides is 1. The van der Waals surface area contributed by atoms with Crippen LogP contribution in [-0.2, 0) is 15.7 Å². The van der Waals surface area contributed by atoms with Crippen molar-refractivity contribution in [3.05, 3.63) is 29.3 Å². The Balaban J connectivity index is 2.25. The molecule has 24 heavy (non-hydrogen) atoms. The number of halogens is 3. The molecule has 0 saturated carbocycles. The molecule has 0 radical (unpaired) electrons. The van der Waals surface area contributed by atoms with E-state index in [1.54, 1.807) is 0 Å². The van der Waals surface area contributed by atoms with Crippen molar-refractivity contribution in [2.24, 2.45) is 11.7 Å². The van der Waals surface area contributed by atoms with E-state index in [1.807, 2.05) is 0 Å². The van der Waals surface area contributed by atoms with Crippen LogP contribution < -0.4 is 11.1 Å². The molecule has 1 aromatic carbocycles. The molecule has 1 atom stereocenters. The van der Waals surface area contributed by atoms with Crippen molar-refractivity contribution < 1.29 is 22.7 Å². The predicted octanol–water partition coefficient (Wildman–Crippen LogP) is 2.66. The molecule has 8 heteroatoms. The average Bonchev–Trinajstić information content (AvgIpc) is 2.54. The molecule has 0 aromatic heterocycles. The standard InChI is InChI=1S/C16H18F3N3O2/c17-16(18,19)13-7-12(2-1-11(13)9-20)22-14(8-15(21)23)10-3-5-24-6-4-10/h1-2,7,10,14,22H,3-6,8H2,(H2,21,23)/t14-/m0/s1. The number of nitrogens with one attached hydrogen (secondary N) is 1. The van der Waals surface area contributed by atoms with Crippen LogP contribution in [0.5, 0.6) is 0 Å². The number of ether oxygens (including phenoxy) is 1. The fourth-order valence-corrected chi connectivity index (χ4v) is 2.85. The van der Waals surface area contributed by atoms with Crippen LogP contribution in [0.25, 0.3) is 0 Å². The number of alkyl halides is 3. The Kier molecular flexibility index (Phi) is 5.67. The second kappa shape index (κ2) is 7.53. The van der Waals surface area contributed by atoms with Gasteiger partial charge in [0.1, 0.15) is 0 Å². The average molecular weight is 341 g/mol. The van der Waals surface area contributed by atoms with Crippen molar-refractivity contribution in [3.63, 3.8) is 0 Å². The lowest BCUT2D eigenvalue weighted by Crippen LogP contribution is -2.37. The quantitative estimate of drug-likeness (QED) is 0.862. The zero-order chi connectivity index (χ0) is 17.7. The maximum atomic E-state index is 13.0. The van der Waals surface area contributed by atoms with Crippen molar-refractivity contribution in [1.82, 2.24) is 0 Å². The molecule has 0 spiro atoms. The minimum absolute atomic E-state index is 0.0199. The van der Waals surface area contributed by atoms with Gasteiger partial charge < -0.3 is 15.8 Å². The molecule has 5 nitrogen and oxygen atoms in total. The molecular formula is C16H18F3N3O2. The summed E-state index contributed by atoms with van der Waals surface area (Å²) in [6.45, 7) is 1.09. The van der Waals surface area contributed by atoms with Crippen LogP contribution in [0.1, 0.15) is 30.4 Å².